The van der Waals surface area contributed by atoms with E-state index in [1.807, 2.05) is 27.7 Å². The smallest absolute Gasteiger partial charge is 0.327 e. The first-order valence-corrected chi connectivity index (χ1v) is 7.51. The molecule has 0 aliphatic carbocycles. The number of nitriles is 1. The lowest BCUT2D eigenvalue weighted by molar-refractivity contribution is -0.168. The van der Waals surface area contributed by atoms with Crippen molar-refractivity contribution in [3.05, 3.63) is 0 Å². The van der Waals surface area contributed by atoms with Gasteiger partial charge in [0.25, 0.3) is 0 Å². The van der Waals surface area contributed by atoms with Crippen LogP contribution in [-0.4, -0.2) is 25.2 Å². The molecule has 0 rings (SSSR count). The van der Waals surface area contributed by atoms with Crippen molar-refractivity contribution in [3.63, 3.8) is 0 Å². The molecule has 21 heavy (non-hydrogen) atoms. The molecule has 0 bridgehead atoms. The SMILES string of the molecule is CCOC(=O)C(C(C)C)C(C#N)(CC(C)C)C(=O)OCC. The Kier molecular flexibility index (Phi) is 8.01. The third kappa shape index (κ3) is 4.73. The fourth-order valence-corrected chi connectivity index (χ4v) is 2.68. The quantitative estimate of drug-likeness (QED) is 0.644. The third-order valence-corrected chi connectivity index (χ3v) is 3.31. The molecule has 0 N–H and O–H groups in total. The van der Waals surface area contributed by atoms with E-state index in [9.17, 15) is 14.9 Å². The van der Waals surface area contributed by atoms with Crippen LogP contribution in [0.2, 0.25) is 0 Å². The molecule has 0 aromatic carbocycles. The molecule has 5 nitrogen and oxygen atoms in total. The van der Waals surface area contributed by atoms with E-state index in [2.05, 4.69) is 6.07 Å². The van der Waals surface area contributed by atoms with Crippen molar-refractivity contribution in [1.29, 1.82) is 5.26 Å². The lowest BCUT2D eigenvalue weighted by atomic mass is 9.67. The second-order valence-corrected chi connectivity index (χ2v) is 5.88. The number of ether oxygens (including phenoxy) is 2. The minimum absolute atomic E-state index is 0.0738. The Balaban J connectivity index is 5.85. The van der Waals surface area contributed by atoms with E-state index >= 15 is 0 Å². The van der Waals surface area contributed by atoms with Gasteiger partial charge in [0.05, 0.1) is 25.2 Å². The molecule has 0 aromatic heterocycles. The molecule has 0 fully saturated rings. The van der Waals surface area contributed by atoms with Crippen molar-refractivity contribution in [3.8, 4) is 6.07 Å². The zero-order valence-electron chi connectivity index (χ0n) is 13.9. The molecule has 0 saturated carbocycles. The zero-order valence-corrected chi connectivity index (χ0v) is 13.9. The lowest BCUT2D eigenvalue weighted by Crippen LogP contribution is -2.46. The minimum Gasteiger partial charge on any atom is -0.466 e. The van der Waals surface area contributed by atoms with Gasteiger partial charge in [0.2, 0.25) is 0 Å². The summed E-state index contributed by atoms with van der Waals surface area (Å²) in [4.78, 5) is 24.7. The summed E-state index contributed by atoms with van der Waals surface area (Å²) in [6, 6.07) is 2.08. The standard InChI is InChI=1S/C16H27NO4/c1-7-20-14(18)13(12(5)6)16(10-17,9-11(3)4)15(19)21-8-2/h11-13H,7-9H2,1-6H3. The highest BCUT2D eigenvalue weighted by atomic mass is 16.5. The zero-order chi connectivity index (χ0) is 16.6. The molecule has 0 radical (unpaired) electrons. The van der Waals surface area contributed by atoms with Crippen molar-refractivity contribution in [1.82, 2.24) is 0 Å². The van der Waals surface area contributed by atoms with Gasteiger partial charge in [0.1, 0.15) is 0 Å². The van der Waals surface area contributed by atoms with Gasteiger partial charge in [0.15, 0.2) is 5.41 Å². The summed E-state index contributed by atoms with van der Waals surface area (Å²) in [5, 5.41) is 9.70. The van der Waals surface area contributed by atoms with Gasteiger partial charge in [-0.05, 0) is 32.1 Å². The molecule has 5 heteroatoms. The fourth-order valence-electron chi connectivity index (χ4n) is 2.68. The van der Waals surface area contributed by atoms with Crippen molar-refractivity contribution >= 4 is 11.9 Å². The summed E-state index contributed by atoms with van der Waals surface area (Å²) < 4.78 is 10.2. The van der Waals surface area contributed by atoms with Crippen molar-refractivity contribution in [2.45, 2.75) is 48.0 Å². The van der Waals surface area contributed by atoms with Gasteiger partial charge in [-0.2, -0.15) is 5.26 Å². The van der Waals surface area contributed by atoms with Crippen LogP contribution in [0.15, 0.2) is 0 Å². The number of esters is 2. The van der Waals surface area contributed by atoms with Crippen LogP contribution >= 0.6 is 0 Å². The first-order chi connectivity index (χ1) is 9.76. The summed E-state index contributed by atoms with van der Waals surface area (Å²) in [6.45, 7) is 11.2. The van der Waals surface area contributed by atoms with Crippen LogP contribution in [0, 0.1) is 34.5 Å². The molecule has 0 heterocycles. The summed E-state index contributed by atoms with van der Waals surface area (Å²) in [5.41, 5.74) is -1.50. The number of rotatable bonds is 8. The van der Waals surface area contributed by atoms with E-state index < -0.39 is 23.3 Å². The Morgan fingerprint density at radius 1 is 1.10 bits per heavy atom. The average Bonchev–Trinajstić information content (AvgIpc) is 2.37. The molecular weight excluding hydrogens is 270 g/mol. The van der Waals surface area contributed by atoms with Gasteiger partial charge >= 0.3 is 11.9 Å². The summed E-state index contributed by atoms with van der Waals surface area (Å²) >= 11 is 0. The van der Waals surface area contributed by atoms with Crippen LogP contribution < -0.4 is 0 Å². The molecule has 0 saturated heterocycles. The van der Waals surface area contributed by atoms with Crippen LogP contribution in [0.1, 0.15) is 48.0 Å². The predicted molar refractivity (Wildman–Crippen MR) is 79.1 cm³/mol. The first-order valence-electron chi connectivity index (χ1n) is 7.51. The summed E-state index contributed by atoms with van der Waals surface area (Å²) in [5.74, 6) is -2.10. The van der Waals surface area contributed by atoms with Crippen LogP contribution in [-0.2, 0) is 19.1 Å². The lowest BCUT2D eigenvalue weighted by Gasteiger charge is -2.34. The maximum Gasteiger partial charge on any atom is 0.327 e. The molecular formula is C16H27NO4. The maximum atomic E-state index is 12.4. The van der Waals surface area contributed by atoms with E-state index in [0.717, 1.165) is 0 Å². The fraction of sp³-hybridized carbons (Fsp3) is 0.812. The van der Waals surface area contributed by atoms with Crippen LogP contribution in [0.3, 0.4) is 0 Å². The first kappa shape index (κ1) is 19.4. The number of hydrogen-bond acceptors (Lipinski definition) is 5. The Hall–Kier alpha value is -1.57. The Morgan fingerprint density at radius 3 is 1.95 bits per heavy atom. The van der Waals surface area contributed by atoms with Crippen molar-refractivity contribution in [2.75, 3.05) is 13.2 Å². The van der Waals surface area contributed by atoms with Gasteiger partial charge in [-0.15, -0.1) is 0 Å². The van der Waals surface area contributed by atoms with Gasteiger partial charge in [-0.1, -0.05) is 27.7 Å². The monoisotopic (exact) mass is 297 g/mol. The van der Waals surface area contributed by atoms with Crippen molar-refractivity contribution < 1.29 is 19.1 Å². The topological polar surface area (TPSA) is 76.4 Å². The molecule has 120 valence electrons. The number of hydrogen-bond donors (Lipinski definition) is 0. The van der Waals surface area contributed by atoms with Gasteiger partial charge in [0, 0.05) is 0 Å². The second-order valence-electron chi connectivity index (χ2n) is 5.88. The number of carbonyl (C=O) groups is 2. The predicted octanol–water partition coefficient (Wildman–Crippen LogP) is 2.94. The van der Waals surface area contributed by atoms with Crippen LogP contribution in [0.25, 0.3) is 0 Å². The molecule has 0 aromatic rings. The highest BCUT2D eigenvalue weighted by molar-refractivity contribution is 5.88. The Labute approximate surface area is 127 Å². The van der Waals surface area contributed by atoms with E-state index in [4.69, 9.17) is 9.47 Å². The molecule has 2 unspecified atom stereocenters. The molecule has 0 spiro atoms. The largest absolute Gasteiger partial charge is 0.466 e. The van der Waals surface area contributed by atoms with Gasteiger partial charge in [-0.25, -0.2) is 0 Å². The normalized spacial score (nSPS) is 15.2. The number of carbonyl (C=O) groups excluding carboxylic acids is 2. The van der Waals surface area contributed by atoms with Crippen LogP contribution in [0.5, 0.6) is 0 Å². The van der Waals surface area contributed by atoms with E-state index in [1.165, 1.54) is 0 Å². The summed E-state index contributed by atoms with van der Waals surface area (Å²) in [7, 11) is 0. The summed E-state index contributed by atoms with van der Waals surface area (Å²) in [6.07, 6.45) is 0.268. The van der Waals surface area contributed by atoms with E-state index in [1.54, 1.807) is 13.8 Å². The Morgan fingerprint density at radius 2 is 1.62 bits per heavy atom. The average molecular weight is 297 g/mol. The van der Waals surface area contributed by atoms with Gasteiger partial charge < -0.3 is 9.47 Å². The Bertz CT molecular complexity index is 398. The molecule has 2 atom stereocenters. The molecule has 0 aliphatic heterocycles. The van der Waals surface area contributed by atoms with E-state index in [0.29, 0.717) is 0 Å². The van der Waals surface area contributed by atoms with Gasteiger partial charge in [-0.3, -0.25) is 9.59 Å². The minimum atomic E-state index is -1.50. The highest BCUT2D eigenvalue weighted by Crippen LogP contribution is 2.40. The highest BCUT2D eigenvalue weighted by Gasteiger charge is 2.53. The maximum absolute atomic E-state index is 12.4. The third-order valence-electron chi connectivity index (χ3n) is 3.31. The van der Waals surface area contributed by atoms with E-state index in [-0.39, 0.29) is 31.5 Å². The second kappa shape index (κ2) is 8.66. The molecule has 0 aliphatic rings. The molecule has 0 amide bonds. The number of nitrogens with zero attached hydrogens (tertiary/aromatic N) is 1. The van der Waals surface area contributed by atoms with Crippen LogP contribution in [0.4, 0.5) is 0 Å². The van der Waals surface area contributed by atoms with Crippen molar-refractivity contribution in [2.24, 2.45) is 23.2 Å².